The number of hydrogen-bond acceptors (Lipinski definition) is 6. The van der Waals surface area contributed by atoms with E-state index < -0.39 is 0 Å². The van der Waals surface area contributed by atoms with E-state index in [1.54, 1.807) is 22.7 Å². The lowest BCUT2D eigenvalue weighted by atomic mass is 10.0. The van der Waals surface area contributed by atoms with Gasteiger partial charge in [0.05, 0.1) is 16.6 Å². The third-order valence-corrected chi connectivity index (χ3v) is 9.30. The smallest absolute Gasteiger partial charge is 0.229 e. The van der Waals surface area contributed by atoms with Crippen molar-refractivity contribution in [3.8, 4) is 10.6 Å². The second-order valence-corrected chi connectivity index (χ2v) is 13.0. The molecule has 2 aromatic carbocycles. The monoisotopic (exact) mass is 521 g/mol. The van der Waals surface area contributed by atoms with Crippen LogP contribution in [0.1, 0.15) is 43.2 Å². The first-order chi connectivity index (χ1) is 17.0. The number of para-hydroxylation sites is 1. The molecule has 0 saturated heterocycles. The van der Waals surface area contributed by atoms with Crippen LogP contribution in [-0.2, 0) is 24.2 Å². The molecule has 0 fully saturated rings. The van der Waals surface area contributed by atoms with Crippen LogP contribution in [0, 0.1) is 0 Å². The van der Waals surface area contributed by atoms with E-state index in [-0.39, 0.29) is 5.91 Å². The lowest BCUT2D eigenvalue weighted by Crippen LogP contribution is -2.30. The Morgan fingerprint density at radius 1 is 1.14 bits per heavy atom. The zero-order valence-corrected chi connectivity index (χ0v) is 22.9. The summed E-state index contributed by atoms with van der Waals surface area (Å²) in [6.07, 6.45) is 2.53. The van der Waals surface area contributed by atoms with Crippen molar-refractivity contribution in [3.63, 3.8) is 0 Å². The van der Waals surface area contributed by atoms with Crippen LogP contribution in [-0.4, -0.2) is 34.1 Å². The van der Waals surface area contributed by atoms with Gasteiger partial charge < -0.3 is 5.32 Å². The number of fused-ring (bicyclic) bond motifs is 2. The zero-order valence-electron chi connectivity index (χ0n) is 20.5. The first-order valence-electron chi connectivity index (χ1n) is 12.3. The number of thiazole rings is 1. The molecule has 0 aliphatic carbocycles. The van der Waals surface area contributed by atoms with Crippen molar-refractivity contribution in [2.24, 2.45) is 0 Å². The fourth-order valence-electron chi connectivity index (χ4n) is 4.57. The van der Waals surface area contributed by atoms with Crippen LogP contribution in [0.15, 0.2) is 53.4 Å². The van der Waals surface area contributed by atoms with Gasteiger partial charge in [-0.2, -0.15) is 0 Å². The number of thiophene rings is 1. The molecule has 1 amide bonds. The highest BCUT2D eigenvalue weighted by Gasteiger charge is 2.27. The van der Waals surface area contributed by atoms with Gasteiger partial charge in [-0.3, -0.25) is 9.69 Å². The molecule has 1 aliphatic rings. The van der Waals surface area contributed by atoms with E-state index in [0.717, 1.165) is 59.1 Å². The molecule has 182 valence electrons. The van der Waals surface area contributed by atoms with E-state index in [0.29, 0.717) is 11.7 Å². The number of carbonyl (C=O) groups excluding carboxylic acids is 1. The van der Waals surface area contributed by atoms with Gasteiger partial charge in [0, 0.05) is 33.7 Å². The standard InChI is InChI=1S/C28H31N3OS3/c1-4-14-31-15-13-21-24(17-31)35-28(26(21)27-29-22-7-5-6-8-23(22)34-27)30-25(32)16-19-9-11-20(12-10-19)33-18(2)3/h5-12,18H,4,13-17H2,1-3H3,(H,30,32). The summed E-state index contributed by atoms with van der Waals surface area (Å²) in [5.74, 6) is 0.0284. The molecule has 0 spiro atoms. The number of nitrogens with zero attached hydrogens (tertiary/aromatic N) is 2. The second kappa shape index (κ2) is 10.8. The maximum absolute atomic E-state index is 13.1. The average Bonchev–Trinajstić information content (AvgIpc) is 3.40. The number of hydrogen-bond donors (Lipinski definition) is 1. The molecule has 0 saturated carbocycles. The Bertz CT molecular complexity index is 1290. The summed E-state index contributed by atoms with van der Waals surface area (Å²) in [7, 11) is 0. The Hall–Kier alpha value is -2.19. The molecule has 2 aromatic heterocycles. The summed E-state index contributed by atoms with van der Waals surface area (Å²) in [5.41, 5.74) is 4.56. The topological polar surface area (TPSA) is 45.2 Å². The third kappa shape index (κ3) is 5.64. The van der Waals surface area contributed by atoms with Gasteiger partial charge >= 0.3 is 0 Å². The molecule has 1 N–H and O–H groups in total. The largest absolute Gasteiger partial charge is 0.317 e. The number of thioether (sulfide) groups is 1. The molecule has 3 heterocycles. The number of aromatic nitrogens is 1. The van der Waals surface area contributed by atoms with Crippen molar-refractivity contribution in [2.45, 2.75) is 56.7 Å². The van der Waals surface area contributed by atoms with Crippen LogP contribution in [0.5, 0.6) is 0 Å². The summed E-state index contributed by atoms with van der Waals surface area (Å²) in [5, 5.41) is 5.78. The van der Waals surface area contributed by atoms with Crippen LogP contribution in [0.3, 0.4) is 0 Å². The van der Waals surface area contributed by atoms with Gasteiger partial charge in [0.2, 0.25) is 5.91 Å². The minimum Gasteiger partial charge on any atom is -0.317 e. The second-order valence-electron chi connectivity index (χ2n) is 9.26. The number of amides is 1. The Morgan fingerprint density at radius 3 is 2.69 bits per heavy atom. The molecule has 0 atom stereocenters. The highest BCUT2D eigenvalue weighted by molar-refractivity contribution is 7.99. The highest BCUT2D eigenvalue weighted by Crippen LogP contribution is 2.45. The average molecular weight is 522 g/mol. The first-order valence-corrected chi connectivity index (χ1v) is 14.8. The van der Waals surface area contributed by atoms with Crippen molar-refractivity contribution in [1.29, 1.82) is 0 Å². The Morgan fingerprint density at radius 2 is 1.94 bits per heavy atom. The Balaban J connectivity index is 1.42. The van der Waals surface area contributed by atoms with Crippen molar-refractivity contribution in [1.82, 2.24) is 9.88 Å². The fourth-order valence-corrected chi connectivity index (χ4v) is 7.83. The minimum atomic E-state index is 0.0284. The number of rotatable bonds is 8. The van der Waals surface area contributed by atoms with Crippen LogP contribution >= 0.6 is 34.4 Å². The van der Waals surface area contributed by atoms with Crippen molar-refractivity contribution in [2.75, 3.05) is 18.4 Å². The Kier molecular flexibility index (Phi) is 7.58. The molecule has 5 rings (SSSR count). The predicted octanol–water partition coefficient (Wildman–Crippen LogP) is 7.47. The quantitative estimate of drug-likeness (QED) is 0.244. The van der Waals surface area contributed by atoms with Gasteiger partial charge in [0.15, 0.2) is 0 Å². The lowest BCUT2D eigenvalue weighted by molar-refractivity contribution is -0.115. The summed E-state index contributed by atoms with van der Waals surface area (Å²) in [6.45, 7) is 9.74. The SMILES string of the molecule is CCCN1CCc2c(sc(NC(=O)Cc3ccc(SC(C)C)cc3)c2-c2nc3ccccc3s2)C1. The number of anilines is 1. The van der Waals surface area contributed by atoms with E-state index in [1.165, 1.54) is 20.0 Å². The highest BCUT2D eigenvalue weighted by atomic mass is 32.2. The molecule has 0 bridgehead atoms. The number of nitrogens with one attached hydrogen (secondary N) is 1. The van der Waals surface area contributed by atoms with E-state index in [9.17, 15) is 4.79 Å². The summed E-state index contributed by atoms with van der Waals surface area (Å²) in [6, 6.07) is 16.7. The summed E-state index contributed by atoms with van der Waals surface area (Å²) >= 11 is 5.29. The molecule has 1 aliphatic heterocycles. The predicted molar refractivity (Wildman–Crippen MR) is 152 cm³/mol. The first kappa shape index (κ1) is 24.5. The molecule has 0 radical (unpaired) electrons. The van der Waals surface area contributed by atoms with Crippen molar-refractivity contribution < 1.29 is 4.79 Å². The molecule has 35 heavy (non-hydrogen) atoms. The molecule has 7 heteroatoms. The Labute approximate surface area is 219 Å². The van der Waals surface area contributed by atoms with Gasteiger partial charge in [0.1, 0.15) is 10.0 Å². The lowest BCUT2D eigenvalue weighted by Gasteiger charge is -2.26. The van der Waals surface area contributed by atoms with E-state index in [4.69, 9.17) is 4.98 Å². The number of carbonyl (C=O) groups is 1. The third-order valence-electron chi connectivity index (χ3n) is 6.10. The molecule has 4 nitrogen and oxygen atoms in total. The van der Waals surface area contributed by atoms with Gasteiger partial charge in [-0.1, -0.05) is 45.0 Å². The van der Waals surface area contributed by atoms with Crippen molar-refractivity contribution >= 4 is 55.6 Å². The summed E-state index contributed by atoms with van der Waals surface area (Å²) in [4.78, 5) is 23.2. The van der Waals surface area contributed by atoms with Gasteiger partial charge in [-0.25, -0.2) is 4.98 Å². The van der Waals surface area contributed by atoms with Gasteiger partial charge in [-0.05, 0) is 54.8 Å². The normalized spacial score (nSPS) is 13.9. The molecule has 0 unspecified atom stereocenters. The maximum Gasteiger partial charge on any atom is 0.229 e. The molecule has 4 aromatic rings. The van der Waals surface area contributed by atoms with E-state index >= 15 is 0 Å². The maximum atomic E-state index is 13.1. The van der Waals surface area contributed by atoms with Crippen LogP contribution in [0.4, 0.5) is 5.00 Å². The molecular weight excluding hydrogens is 491 g/mol. The van der Waals surface area contributed by atoms with Crippen LogP contribution in [0.2, 0.25) is 0 Å². The van der Waals surface area contributed by atoms with Gasteiger partial charge in [-0.15, -0.1) is 34.4 Å². The van der Waals surface area contributed by atoms with Crippen LogP contribution < -0.4 is 5.32 Å². The number of benzene rings is 2. The zero-order chi connectivity index (χ0) is 24.4. The summed E-state index contributed by atoms with van der Waals surface area (Å²) < 4.78 is 1.18. The van der Waals surface area contributed by atoms with Crippen molar-refractivity contribution in [3.05, 3.63) is 64.5 Å². The fraction of sp³-hybridized carbons (Fsp3) is 0.357. The minimum absolute atomic E-state index is 0.0284. The van der Waals surface area contributed by atoms with E-state index in [1.807, 2.05) is 17.8 Å². The van der Waals surface area contributed by atoms with Crippen LogP contribution in [0.25, 0.3) is 20.8 Å². The molecular formula is C28H31N3OS3. The van der Waals surface area contributed by atoms with Gasteiger partial charge in [0.25, 0.3) is 0 Å². The van der Waals surface area contributed by atoms with E-state index in [2.05, 4.69) is 73.5 Å².